The van der Waals surface area contributed by atoms with E-state index in [9.17, 15) is 9.59 Å². The van der Waals surface area contributed by atoms with E-state index in [0.717, 1.165) is 6.42 Å². The Bertz CT molecular complexity index is 159. The average Bonchev–Trinajstić information content (AvgIpc) is 2.03. The van der Waals surface area contributed by atoms with Crippen LogP contribution < -0.4 is 0 Å². The molecule has 0 N–H and O–H groups in total. The summed E-state index contributed by atoms with van der Waals surface area (Å²) in [5.74, 6) is 1.03. The Balaban J connectivity index is 0. The lowest BCUT2D eigenvalue weighted by atomic mass is 10.1. The Morgan fingerprint density at radius 3 is 1.31 bits per heavy atom. The summed E-state index contributed by atoms with van der Waals surface area (Å²) in [6.07, 6.45) is 0.968. The molecule has 0 amide bonds. The zero-order valence-corrected chi connectivity index (χ0v) is 9.68. The minimum absolute atomic E-state index is 0.213. The van der Waals surface area contributed by atoms with E-state index in [2.05, 4.69) is 0 Å². The summed E-state index contributed by atoms with van der Waals surface area (Å²) in [5, 5.41) is 0. The van der Waals surface area contributed by atoms with Gasteiger partial charge in [0.15, 0.2) is 0 Å². The van der Waals surface area contributed by atoms with Gasteiger partial charge in [0.1, 0.15) is 11.6 Å². The maximum absolute atomic E-state index is 10.4. The number of Topliss-reactive ketones (excluding diaryl/α,β-unsaturated/α-hetero) is 2. The molecule has 0 aliphatic carbocycles. The first-order chi connectivity index (χ1) is 5.82. The van der Waals surface area contributed by atoms with E-state index < -0.39 is 0 Å². The topological polar surface area (TPSA) is 34.1 Å². The molecule has 0 radical (unpaired) electrons. The summed E-state index contributed by atoms with van der Waals surface area (Å²) >= 11 is 0. The molecule has 0 aromatic carbocycles. The highest BCUT2D eigenvalue weighted by Gasteiger charge is 2.01. The molecule has 1 unspecified atom stereocenters. The highest BCUT2D eigenvalue weighted by molar-refractivity contribution is 5.77. The fourth-order valence-electron chi connectivity index (χ4n) is 0.287. The number of hydrogen-bond acceptors (Lipinski definition) is 2. The molecule has 0 saturated heterocycles. The predicted molar refractivity (Wildman–Crippen MR) is 55.7 cm³/mol. The number of carbonyl (C=O) groups excluding carboxylic acids is 2. The fraction of sp³-hybridized carbons (Fsp3) is 0.818. The van der Waals surface area contributed by atoms with E-state index in [0.29, 0.717) is 5.78 Å². The van der Waals surface area contributed by atoms with Crippen molar-refractivity contribution in [2.75, 3.05) is 0 Å². The van der Waals surface area contributed by atoms with Crippen LogP contribution >= 0.6 is 0 Å². The van der Waals surface area contributed by atoms with Crippen molar-refractivity contribution in [2.45, 2.75) is 48.0 Å². The van der Waals surface area contributed by atoms with Crippen LogP contribution in [-0.4, -0.2) is 11.6 Å². The summed E-state index contributed by atoms with van der Waals surface area (Å²) < 4.78 is 0. The zero-order valence-electron chi connectivity index (χ0n) is 9.68. The number of ketones is 2. The van der Waals surface area contributed by atoms with Crippen LogP contribution in [0.15, 0.2) is 0 Å². The van der Waals surface area contributed by atoms with Crippen molar-refractivity contribution in [1.29, 1.82) is 0 Å². The Morgan fingerprint density at radius 2 is 1.31 bits per heavy atom. The van der Waals surface area contributed by atoms with Crippen LogP contribution in [0.25, 0.3) is 0 Å². The van der Waals surface area contributed by atoms with Crippen molar-refractivity contribution < 1.29 is 9.59 Å². The van der Waals surface area contributed by atoms with Crippen molar-refractivity contribution in [3.05, 3.63) is 0 Å². The third kappa shape index (κ3) is 11.3. The van der Waals surface area contributed by atoms with E-state index in [1.54, 1.807) is 13.8 Å². The van der Waals surface area contributed by atoms with Gasteiger partial charge in [-0.25, -0.2) is 0 Å². The van der Waals surface area contributed by atoms with Gasteiger partial charge >= 0.3 is 0 Å². The third-order valence-corrected chi connectivity index (χ3v) is 2.12. The lowest BCUT2D eigenvalue weighted by Gasteiger charge is -1.98. The SMILES string of the molecule is CC(=O)C(C)C.CCC(C)C(C)=O. The van der Waals surface area contributed by atoms with Gasteiger partial charge in [0.25, 0.3) is 0 Å². The van der Waals surface area contributed by atoms with Crippen molar-refractivity contribution in [1.82, 2.24) is 0 Å². The average molecular weight is 186 g/mol. The van der Waals surface area contributed by atoms with Gasteiger partial charge in [0.2, 0.25) is 0 Å². The first kappa shape index (κ1) is 14.8. The third-order valence-electron chi connectivity index (χ3n) is 2.12. The summed E-state index contributed by atoms with van der Waals surface area (Å²) in [5.41, 5.74) is 0. The van der Waals surface area contributed by atoms with Gasteiger partial charge in [0, 0.05) is 11.8 Å². The second kappa shape index (κ2) is 7.96. The second-order valence-corrected chi connectivity index (χ2v) is 3.69. The van der Waals surface area contributed by atoms with E-state index >= 15 is 0 Å². The van der Waals surface area contributed by atoms with E-state index in [1.807, 2.05) is 27.7 Å². The van der Waals surface area contributed by atoms with Crippen molar-refractivity contribution in [3.63, 3.8) is 0 Å². The maximum atomic E-state index is 10.4. The molecule has 1 atom stereocenters. The summed E-state index contributed by atoms with van der Waals surface area (Å²) in [4.78, 5) is 20.5. The van der Waals surface area contributed by atoms with Gasteiger partial charge in [-0.2, -0.15) is 0 Å². The molecule has 0 spiro atoms. The van der Waals surface area contributed by atoms with Crippen molar-refractivity contribution in [2.24, 2.45) is 11.8 Å². The van der Waals surface area contributed by atoms with E-state index in [4.69, 9.17) is 0 Å². The molecule has 0 heterocycles. The predicted octanol–water partition coefficient (Wildman–Crippen LogP) is 2.85. The normalized spacial score (nSPS) is 11.6. The highest BCUT2D eigenvalue weighted by atomic mass is 16.1. The molecule has 0 bridgehead atoms. The number of rotatable bonds is 3. The summed E-state index contributed by atoms with van der Waals surface area (Å²) in [6, 6.07) is 0. The molecule has 0 aromatic rings. The first-order valence-corrected chi connectivity index (χ1v) is 4.83. The second-order valence-electron chi connectivity index (χ2n) is 3.69. The molecular formula is C11H22O2. The molecule has 0 rings (SSSR count). The zero-order chi connectivity index (χ0) is 11.0. The van der Waals surface area contributed by atoms with E-state index in [-0.39, 0.29) is 17.6 Å². The molecule has 13 heavy (non-hydrogen) atoms. The Labute approximate surface area is 81.7 Å². The molecule has 0 saturated carbocycles. The lowest BCUT2D eigenvalue weighted by Crippen LogP contribution is -2.03. The van der Waals surface area contributed by atoms with Crippen LogP contribution in [0.3, 0.4) is 0 Å². The minimum atomic E-state index is 0.213. The van der Waals surface area contributed by atoms with E-state index in [1.165, 1.54) is 0 Å². The summed E-state index contributed by atoms with van der Waals surface area (Å²) in [7, 11) is 0. The molecule has 0 aliphatic rings. The van der Waals surface area contributed by atoms with Crippen molar-refractivity contribution in [3.8, 4) is 0 Å². The molecule has 78 valence electrons. The number of hydrogen-bond donors (Lipinski definition) is 0. The minimum Gasteiger partial charge on any atom is -0.300 e. The van der Waals surface area contributed by atoms with Gasteiger partial charge in [-0.1, -0.05) is 27.7 Å². The smallest absolute Gasteiger partial charge is 0.132 e. The van der Waals surface area contributed by atoms with Gasteiger partial charge in [-0.3, -0.25) is 9.59 Å². The highest BCUT2D eigenvalue weighted by Crippen LogP contribution is 1.99. The van der Waals surface area contributed by atoms with Gasteiger partial charge in [0.05, 0.1) is 0 Å². The Kier molecular flexibility index (Phi) is 9.09. The molecule has 0 aromatic heterocycles. The summed E-state index contributed by atoms with van der Waals surface area (Å²) in [6.45, 7) is 11.0. The molecule has 0 fully saturated rings. The van der Waals surface area contributed by atoms with Crippen LogP contribution in [0.4, 0.5) is 0 Å². The Morgan fingerprint density at radius 1 is 1.00 bits per heavy atom. The largest absolute Gasteiger partial charge is 0.300 e. The maximum Gasteiger partial charge on any atom is 0.132 e. The molecular weight excluding hydrogens is 164 g/mol. The van der Waals surface area contributed by atoms with Crippen LogP contribution in [0.1, 0.15) is 48.0 Å². The van der Waals surface area contributed by atoms with Crippen LogP contribution in [0, 0.1) is 11.8 Å². The first-order valence-electron chi connectivity index (χ1n) is 4.83. The van der Waals surface area contributed by atoms with Crippen molar-refractivity contribution >= 4 is 11.6 Å². The number of carbonyl (C=O) groups is 2. The fourth-order valence-corrected chi connectivity index (χ4v) is 0.287. The lowest BCUT2D eigenvalue weighted by molar-refractivity contribution is -0.120. The van der Waals surface area contributed by atoms with Crippen LogP contribution in [0.2, 0.25) is 0 Å². The van der Waals surface area contributed by atoms with Gasteiger partial charge in [-0.15, -0.1) is 0 Å². The standard InChI is InChI=1S/C6H12O.C5H10O/c1-4-5(2)6(3)7;1-4(2)5(3)6/h5H,4H2,1-3H3;4H,1-3H3. The quantitative estimate of drug-likeness (QED) is 0.679. The van der Waals surface area contributed by atoms with Crippen LogP contribution in [-0.2, 0) is 9.59 Å². The molecule has 2 nitrogen and oxygen atoms in total. The van der Waals surface area contributed by atoms with Gasteiger partial charge in [-0.05, 0) is 20.3 Å². The monoisotopic (exact) mass is 186 g/mol. The molecule has 2 heteroatoms. The van der Waals surface area contributed by atoms with Gasteiger partial charge < -0.3 is 0 Å². The molecule has 0 aliphatic heterocycles. The Hall–Kier alpha value is -0.660. The van der Waals surface area contributed by atoms with Crippen LogP contribution in [0.5, 0.6) is 0 Å².